The molecule has 186 valence electrons. The summed E-state index contributed by atoms with van der Waals surface area (Å²) in [4.78, 5) is 30.0. The van der Waals surface area contributed by atoms with Gasteiger partial charge in [0.25, 0.3) is 0 Å². The second-order valence-corrected chi connectivity index (χ2v) is 10.9. The molecule has 0 spiro atoms. The van der Waals surface area contributed by atoms with Gasteiger partial charge in [-0.05, 0) is 60.2 Å². The molecule has 0 unspecified atom stereocenters. The number of hydrogen-bond donors (Lipinski definition) is 0. The highest BCUT2D eigenvalue weighted by atomic mass is 16.1. The predicted octanol–water partition coefficient (Wildman–Crippen LogP) is 7.67. The van der Waals surface area contributed by atoms with Crippen molar-refractivity contribution >= 4 is 55.2 Å². The van der Waals surface area contributed by atoms with E-state index in [1.807, 2.05) is 66.7 Å². The van der Waals surface area contributed by atoms with Crippen molar-refractivity contribution in [3.8, 4) is 0 Å². The smallest absolute Gasteiger partial charge is 0.197 e. The van der Waals surface area contributed by atoms with Crippen molar-refractivity contribution in [2.45, 2.75) is 19.3 Å². The van der Waals surface area contributed by atoms with Gasteiger partial charge in [-0.15, -0.1) is 0 Å². The molecule has 2 aromatic heterocycles. The molecule has 0 aliphatic carbocycles. The quantitative estimate of drug-likeness (QED) is 0.170. The monoisotopic (exact) mass is 504 g/mol. The van der Waals surface area contributed by atoms with Crippen LogP contribution in [0.15, 0.2) is 119 Å². The molecule has 7 aromatic rings. The lowest BCUT2D eigenvalue weighted by atomic mass is 9.72. The van der Waals surface area contributed by atoms with Crippen LogP contribution in [0.1, 0.15) is 25.0 Å². The first-order valence-electron chi connectivity index (χ1n) is 13.2. The van der Waals surface area contributed by atoms with Crippen LogP contribution in [-0.4, -0.2) is 4.40 Å². The molecule has 0 amide bonds. The van der Waals surface area contributed by atoms with Crippen molar-refractivity contribution in [3.05, 3.63) is 141 Å². The Hall–Kier alpha value is -4.96. The molecule has 1 aliphatic rings. The summed E-state index contributed by atoms with van der Waals surface area (Å²) in [5.74, 6) is 0. The molecular formula is C35H24N2O2. The maximum atomic E-state index is 14.1. The number of rotatable bonds is 1. The van der Waals surface area contributed by atoms with Crippen LogP contribution >= 0.6 is 0 Å². The second-order valence-electron chi connectivity index (χ2n) is 10.9. The van der Waals surface area contributed by atoms with Gasteiger partial charge in [0.1, 0.15) is 0 Å². The van der Waals surface area contributed by atoms with Gasteiger partial charge in [0.2, 0.25) is 0 Å². The first-order valence-corrected chi connectivity index (χ1v) is 13.2. The molecule has 3 heterocycles. The number of hydrogen-bond acceptors (Lipinski definition) is 3. The lowest BCUT2D eigenvalue weighted by Gasteiger charge is -2.42. The van der Waals surface area contributed by atoms with Crippen molar-refractivity contribution in [1.29, 1.82) is 0 Å². The number of anilines is 3. The third-order valence-corrected chi connectivity index (χ3v) is 8.46. The highest BCUT2D eigenvalue weighted by Crippen LogP contribution is 2.53. The molecule has 4 heteroatoms. The molecule has 4 nitrogen and oxygen atoms in total. The van der Waals surface area contributed by atoms with E-state index in [2.05, 4.69) is 65.6 Å². The van der Waals surface area contributed by atoms with Gasteiger partial charge in [-0.3, -0.25) is 9.59 Å². The van der Waals surface area contributed by atoms with Crippen molar-refractivity contribution in [1.82, 2.24) is 4.40 Å². The molecule has 0 saturated carbocycles. The Morgan fingerprint density at radius 1 is 0.538 bits per heavy atom. The van der Waals surface area contributed by atoms with Crippen LogP contribution in [0, 0.1) is 0 Å². The fraction of sp³-hybridized carbons (Fsp3) is 0.0857. The third kappa shape index (κ3) is 2.73. The van der Waals surface area contributed by atoms with Crippen molar-refractivity contribution in [2.24, 2.45) is 0 Å². The van der Waals surface area contributed by atoms with Crippen LogP contribution in [0.4, 0.5) is 17.1 Å². The maximum absolute atomic E-state index is 14.1. The van der Waals surface area contributed by atoms with Crippen LogP contribution in [0.3, 0.4) is 0 Å². The van der Waals surface area contributed by atoms with Crippen LogP contribution in [0.2, 0.25) is 0 Å². The van der Waals surface area contributed by atoms with E-state index < -0.39 is 5.41 Å². The predicted molar refractivity (Wildman–Crippen MR) is 160 cm³/mol. The van der Waals surface area contributed by atoms with E-state index in [0.29, 0.717) is 27.1 Å². The minimum atomic E-state index is -0.425. The number of para-hydroxylation sites is 4. The summed E-state index contributed by atoms with van der Waals surface area (Å²) in [5.41, 5.74) is 7.30. The van der Waals surface area contributed by atoms with E-state index >= 15 is 0 Å². The van der Waals surface area contributed by atoms with E-state index in [1.54, 1.807) is 0 Å². The zero-order valence-electron chi connectivity index (χ0n) is 21.6. The normalized spacial score (nSPS) is 14.3. The van der Waals surface area contributed by atoms with Crippen molar-refractivity contribution in [3.63, 3.8) is 0 Å². The van der Waals surface area contributed by atoms with Gasteiger partial charge in [0.15, 0.2) is 10.9 Å². The van der Waals surface area contributed by atoms with E-state index in [1.165, 1.54) is 5.56 Å². The Kier molecular flexibility index (Phi) is 4.27. The van der Waals surface area contributed by atoms with Crippen LogP contribution in [0.25, 0.3) is 38.1 Å². The van der Waals surface area contributed by atoms with E-state index in [0.717, 1.165) is 33.7 Å². The number of nitrogens with zero attached hydrogens (tertiary/aromatic N) is 2. The Morgan fingerprint density at radius 3 is 1.95 bits per heavy atom. The van der Waals surface area contributed by atoms with Crippen LogP contribution in [-0.2, 0) is 5.41 Å². The average Bonchev–Trinajstić information content (AvgIpc) is 2.97. The van der Waals surface area contributed by atoms with Gasteiger partial charge in [-0.1, -0.05) is 68.4 Å². The summed E-state index contributed by atoms with van der Waals surface area (Å²) in [7, 11) is 0. The largest absolute Gasteiger partial charge is 0.310 e. The first kappa shape index (κ1) is 22.1. The Labute approximate surface area is 224 Å². The minimum Gasteiger partial charge on any atom is -0.310 e. The fourth-order valence-electron chi connectivity index (χ4n) is 6.77. The van der Waals surface area contributed by atoms with Gasteiger partial charge in [0.05, 0.1) is 27.9 Å². The Bertz CT molecular complexity index is 2230. The summed E-state index contributed by atoms with van der Waals surface area (Å²) in [5, 5.41) is 2.44. The Morgan fingerprint density at radius 2 is 1.15 bits per heavy atom. The number of pyridine rings is 2. The third-order valence-electron chi connectivity index (χ3n) is 8.46. The van der Waals surface area contributed by atoms with E-state index in [4.69, 9.17) is 0 Å². The van der Waals surface area contributed by atoms with Gasteiger partial charge in [0, 0.05) is 38.2 Å². The molecule has 0 saturated heterocycles. The summed E-state index contributed by atoms with van der Waals surface area (Å²) < 4.78 is 2.18. The number of benzene rings is 5. The number of fused-ring (bicyclic) bond motifs is 7. The molecule has 8 rings (SSSR count). The van der Waals surface area contributed by atoms with Crippen molar-refractivity contribution < 1.29 is 0 Å². The minimum absolute atomic E-state index is 0.0460. The summed E-state index contributed by atoms with van der Waals surface area (Å²) in [6.45, 7) is 4.47. The summed E-state index contributed by atoms with van der Waals surface area (Å²) in [6, 6.07) is 36.2. The molecule has 0 radical (unpaired) electrons. The lowest BCUT2D eigenvalue weighted by molar-refractivity contribution is 0.636. The van der Waals surface area contributed by atoms with Crippen LogP contribution < -0.4 is 15.8 Å². The molecular weight excluding hydrogens is 480 g/mol. The van der Waals surface area contributed by atoms with Gasteiger partial charge in [-0.25, -0.2) is 0 Å². The van der Waals surface area contributed by atoms with Crippen molar-refractivity contribution in [2.75, 3.05) is 4.90 Å². The number of aromatic nitrogens is 1. The molecule has 1 aliphatic heterocycles. The summed E-state index contributed by atoms with van der Waals surface area (Å²) in [6.07, 6.45) is 0. The molecule has 0 bridgehead atoms. The highest BCUT2D eigenvalue weighted by Gasteiger charge is 2.39. The Balaban J connectivity index is 1.69. The standard InChI is InChI=1S/C35H24N2O2/c1-35(2)26-16-7-9-18-28(26)36(21-11-4-3-5-12-21)29-20-19-25-32(30(29)35)37-27-17-8-6-13-22(27)33(38)23-14-10-15-24(31(23)37)34(25)39/h3-20H,1-2H3. The summed E-state index contributed by atoms with van der Waals surface area (Å²) >= 11 is 0. The fourth-order valence-corrected chi connectivity index (χ4v) is 6.77. The zero-order valence-corrected chi connectivity index (χ0v) is 21.6. The molecule has 0 fully saturated rings. The second kappa shape index (κ2) is 7.55. The van der Waals surface area contributed by atoms with Gasteiger partial charge >= 0.3 is 0 Å². The van der Waals surface area contributed by atoms with E-state index in [9.17, 15) is 9.59 Å². The highest BCUT2D eigenvalue weighted by molar-refractivity contribution is 6.10. The molecule has 0 atom stereocenters. The van der Waals surface area contributed by atoms with Gasteiger partial charge in [-0.2, -0.15) is 0 Å². The lowest BCUT2D eigenvalue weighted by Crippen LogP contribution is -2.32. The topological polar surface area (TPSA) is 41.8 Å². The van der Waals surface area contributed by atoms with Crippen LogP contribution in [0.5, 0.6) is 0 Å². The molecule has 0 N–H and O–H groups in total. The van der Waals surface area contributed by atoms with Gasteiger partial charge < -0.3 is 9.30 Å². The molecule has 39 heavy (non-hydrogen) atoms. The molecule has 5 aromatic carbocycles. The average molecular weight is 505 g/mol. The zero-order chi connectivity index (χ0) is 26.5. The van der Waals surface area contributed by atoms with E-state index in [-0.39, 0.29) is 10.9 Å². The SMILES string of the molecule is CC1(C)c2ccccc2N(c2ccccc2)c2ccc3c(=O)c4cccc5c(=O)c6ccccc6n(c3c21)c54. The maximum Gasteiger partial charge on any atom is 0.197 e. The first-order chi connectivity index (χ1) is 19.0.